The standard InChI is InChI=1S/C18H33Cl/c1-5-14-7-6-8-15(12-14)18(3,4)16-10-9-13(2)11-17(16)19/h13-17H,5-12H2,1-4H3. The van der Waals surface area contributed by atoms with Crippen molar-refractivity contribution in [1.29, 1.82) is 0 Å². The Morgan fingerprint density at radius 2 is 1.79 bits per heavy atom. The third-order valence-electron chi connectivity index (χ3n) is 6.40. The van der Waals surface area contributed by atoms with Crippen LogP contribution in [0.5, 0.6) is 0 Å². The van der Waals surface area contributed by atoms with Gasteiger partial charge in [-0.15, -0.1) is 11.6 Å². The van der Waals surface area contributed by atoms with Gasteiger partial charge in [0.25, 0.3) is 0 Å². The molecule has 5 unspecified atom stereocenters. The molecule has 112 valence electrons. The highest BCUT2D eigenvalue weighted by Crippen LogP contribution is 2.51. The maximum Gasteiger partial charge on any atom is 0.0372 e. The molecule has 2 fully saturated rings. The van der Waals surface area contributed by atoms with Crippen LogP contribution in [0, 0.1) is 29.1 Å². The van der Waals surface area contributed by atoms with Gasteiger partial charge in [-0.1, -0.05) is 53.4 Å². The summed E-state index contributed by atoms with van der Waals surface area (Å²) in [6, 6.07) is 0. The summed E-state index contributed by atoms with van der Waals surface area (Å²) >= 11 is 6.75. The molecule has 0 aromatic carbocycles. The van der Waals surface area contributed by atoms with Crippen LogP contribution in [0.2, 0.25) is 0 Å². The molecule has 0 saturated heterocycles. The number of alkyl halides is 1. The maximum absolute atomic E-state index is 6.75. The predicted octanol–water partition coefficient (Wildman–Crippen LogP) is 6.27. The predicted molar refractivity (Wildman–Crippen MR) is 85.7 cm³/mol. The lowest BCUT2D eigenvalue weighted by molar-refractivity contribution is 0.0379. The van der Waals surface area contributed by atoms with E-state index < -0.39 is 0 Å². The highest BCUT2D eigenvalue weighted by Gasteiger charge is 2.43. The van der Waals surface area contributed by atoms with Crippen molar-refractivity contribution in [2.45, 2.75) is 84.4 Å². The molecule has 0 heterocycles. The van der Waals surface area contributed by atoms with Gasteiger partial charge < -0.3 is 0 Å². The molecule has 0 spiro atoms. The first-order chi connectivity index (χ1) is 8.95. The van der Waals surface area contributed by atoms with E-state index in [0.29, 0.717) is 10.8 Å². The monoisotopic (exact) mass is 284 g/mol. The van der Waals surface area contributed by atoms with Crippen LogP contribution in [0.25, 0.3) is 0 Å². The molecule has 0 amide bonds. The molecule has 2 rings (SSSR count). The van der Waals surface area contributed by atoms with E-state index in [1.807, 2.05) is 0 Å². The SMILES string of the molecule is CCC1CCCC(C(C)(C)C2CCC(C)CC2Cl)C1. The lowest BCUT2D eigenvalue weighted by Gasteiger charge is -2.48. The van der Waals surface area contributed by atoms with E-state index in [1.54, 1.807) is 0 Å². The minimum absolute atomic E-state index is 0.417. The van der Waals surface area contributed by atoms with Crippen molar-refractivity contribution in [3.8, 4) is 0 Å². The fraction of sp³-hybridized carbons (Fsp3) is 1.00. The van der Waals surface area contributed by atoms with Gasteiger partial charge >= 0.3 is 0 Å². The van der Waals surface area contributed by atoms with Crippen molar-refractivity contribution in [1.82, 2.24) is 0 Å². The van der Waals surface area contributed by atoms with Crippen LogP contribution in [0.4, 0.5) is 0 Å². The van der Waals surface area contributed by atoms with Gasteiger partial charge in [-0.2, -0.15) is 0 Å². The van der Waals surface area contributed by atoms with Crippen molar-refractivity contribution >= 4 is 11.6 Å². The quantitative estimate of drug-likeness (QED) is 0.536. The summed E-state index contributed by atoms with van der Waals surface area (Å²) in [5, 5.41) is 0.417. The minimum Gasteiger partial charge on any atom is -0.123 e. The van der Waals surface area contributed by atoms with Crippen LogP contribution in [0.1, 0.15) is 79.1 Å². The summed E-state index contributed by atoms with van der Waals surface area (Å²) in [5.74, 6) is 3.47. The molecule has 5 atom stereocenters. The molecule has 0 aromatic rings. The number of halogens is 1. The molecule has 0 aromatic heterocycles. The molecule has 2 aliphatic carbocycles. The second-order valence-corrected chi connectivity index (χ2v) is 8.56. The fourth-order valence-electron chi connectivity index (χ4n) is 4.79. The first-order valence-corrected chi connectivity index (χ1v) is 9.02. The number of rotatable bonds is 3. The molecular weight excluding hydrogens is 252 g/mol. The summed E-state index contributed by atoms with van der Waals surface area (Å²) in [6.07, 6.45) is 11.2. The van der Waals surface area contributed by atoms with Gasteiger partial charge in [0.15, 0.2) is 0 Å². The summed E-state index contributed by atoms with van der Waals surface area (Å²) < 4.78 is 0. The minimum atomic E-state index is 0.417. The molecule has 1 heteroatoms. The van der Waals surface area contributed by atoms with E-state index in [0.717, 1.165) is 23.7 Å². The van der Waals surface area contributed by atoms with Crippen molar-refractivity contribution in [2.75, 3.05) is 0 Å². The Morgan fingerprint density at radius 3 is 2.42 bits per heavy atom. The normalized spacial score (nSPS) is 41.2. The summed E-state index contributed by atoms with van der Waals surface area (Å²) in [6.45, 7) is 9.77. The van der Waals surface area contributed by atoms with Crippen molar-refractivity contribution < 1.29 is 0 Å². The Hall–Kier alpha value is 0.290. The van der Waals surface area contributed by atoms with Gasteiger partial charge in [-0.25, -0.2) is 0 Å². The van der Waals surface area contributed by atoms with E-state index in [1.165, 1.54) is 51.4 Å². The van der Waals surface area contributed by atoms with Gasteiger partial charge in [0.1, 0.15) is 0 Å². The topological polar surface area (TPSA) is 0 Å². The van der Waals surface area contributed by atoms with E-state index in [4.69, 9.17) is 11.6 Å². The Morgan fingerprint density at radius 1 is 1.05 bits per heavy atom. The Labute approximate surface area is 125 Å². The molecule has 0 bridgehead atoms. The molecule has 0 aliphatic heterocycles. The lowest BCUT2D eigenvalue weighted by atomic mass is 9.58. The van der Waals surface area contributed by atoms with Crippen molar-refractivity contribution in [3.63, 3.8) is 0 Å². The molecule has 0 radical (unpaired) electrons. The van der Waals surface area contributed by atoms with Gasteiger partial charge in [-0.3, -0.25) is 0 Å². The Bertz CT molecular complexity index is 283. The zero-order valence-corrected chi connectivity index (χ0v) is 14.2. The highest BCUT2D eigenvalue weighted by atomic mass is 35.5. The van der Waals surface area contributed by atoms with Crippen LogP contribution >= 0.6 is 11.6 Å². The molecule has 0 nitrogen and oxygen atoms in total. The van der Waals surface area contributed by atoms with E-state index >= 15 is 0 Å². The van der Waals surface area contributed by atoms with Crippen molar-refractivity contribution in [2.24, 2.45) is 29.1 Å². The van der Waals surface area contributed by atoms with Crippen molar-refractivity contribution in [3.05, 3.63) is 0 Å². The summed E-state index contributed by atoms with van der Waals surface area (Å²) in [5.41, 5.74) is 0.445. The zero-order chi connectivity index (χ0) is 14.0. The molecule has 2 aliphatic rings. The van der Waals surface area contributed by atoms with E-state index in [2.05, 4.69) is 27.7 Å². The van der Waals surface area contributed by atoms with Crippen LogP contribution in [-0.4, -0.2) is 5.38 Å². The van der Waals surface area contributed by atoms with Crippen LogP contribution < -0.4 is 0 Å². The van der Waals surface area contributed by atoms with Crippen LogP contribution in [0.3, 0.4) is 0 Å². The summed E-state index contributed by atoms with van der Waals surface area (Å²) in [7, 11) is 0. The van der Waals surface area contributed by atoms with Gasteiger partial charge in [0, 0.05) is 5.38 Å². The third-order valence-corrected chi connectivity index (χ3v) is 6.88. The first kappa shape index (κ1) is 15.7. The van der Waals surface area contributed by atoms with Gasteiger partial charge in [0.2, 0.25) is 0 Å². The van der Waals surface area contributed by atoms with E-state index in [-0.39, 0.29) is 0 Å². The first-order valence-electron chi connectivity index (χ1n) is 8.59. The van der Waals surface area contributed by atoms with E-state index in [9.17, 15) is 0 Å². The maximum atomic E-state index is 6.75. The summed E-state index contributed by atoms with van der Waals surface area (Å²) in [4.78, 5) is 0. The van der Waals surface area contributed by atoms with Gasteiger partial charge in [-0.05, 0) is 54.8 Å². The fourth-order valence-corrected chi connectivity index (χ4v) is 5.54. The average Bonchev–Trinajstić information content (AvgIpc) is 2.38. The molecular formula is C18H33Cl. The Kier molecular flexibility index (Phi) is 5.26. The second-order valence-electron chi connectivity index (χ2n) is 8.00. The second kappa shape index (κ2) is 6.37. The third kappa shape index (κ3) is 3.49. The molecule has 2 saturated carbocycles. The zero-order valence-electron chi connectivity index (χ0n) is 13.4. The number of hydrogen-bond acceptors (Lipinski definition) is 0. The van der Waals surface area contributed by atoms with Crippen LogP contribution in [0.15, 0.2) is 0 Å². The molecule has 0 N–H and O–H groups in total. The largest absolute Gasteiger partial charge is 0.123 e. The lowest BCUT2D eigenvalue weighted by Crippen LogP contribution is -2.42. The number of hydrogen-bond donors (Lipinski definition) is 0. The Balaban J connectivity index is 2.03. The van der Waals surface area contributed by atoms with Crippen LogP contribution in [-0.2, 0) is 0 Å². The average molecular weight is 285 g/mol. The highest BCUT2D eigenvalue weighted by molar-refractivity contribution is 6.20. The smallest absolute Gasteiger partial charge is 0.0372 e. The van der Waals surface area contributed by atoms with Gasteiger partial charge in [0.05, 0.1) is 0 Å². The molecule has 19 heavy (non-hydrogen) atoms.